The zero-order chi connectivity index (χ0) is 17.1. The lowest BCUT2D eigenvalue weighted by Gasteiger charge is -2.06. The van der Waals surface area contributed by atoms with Gasteiger partial charge in [-0.25, -0.2) is 9.36 Å². The van der Waals surface area contributed by atoms with Crippen LogP contribution >= 0.6 is 0 Å². The number of benzene rings is 1. The summed E-state index contributed by atoms with van der Waals surface area (Å²) in [7, 11) is 0. The Morgan fingerprint density at radius 2 is 2.17 bits per heavy atom. The number of hydrogen-bond donors (Lipinski definition) is 0. The van der Waals surface area contributed by atoms with Crippen molar-refractivity contribution >= 4 is 11.6 Å². The van der Waals surface area contributed by atoms with Crippen LogP contribution in [0.15, 0.2) is 48.7 Å². The summed E-state index contributed by atoms with van der Waals surface area (Å²) in [5.41, 5.74) is 1.42. The number of fused-ring (bicyclic) bond motifs is 1. The molecule has 24 heavy (non-hydrogen) atoms. The Morgan fingerprint density at radius 1 is 1.33 bits per heavy atom. The predicted molar refractivity (Wildman–Crippen MR) is 83.4 cm³/mol. The number of imidazole rings is 1. The molecule has 0 spiro atoms. The maximum atomic E-state index is 12.6. The third kappa shape index (κ3) is 2.79. The van der Waals surface area contributed by atoms with Crippen molar-refractivity contribution in [2.24, 2.45) is 0 Å². The average Bonchev–Trinajstić information content (AvgIpc) is 2.84. The van der Waals surface area contributed by atoms with E-state index in [1.165, 1.54) is 8.97 Å². The summed E-state index contributed by atoms with van der Waals surface area (Å²) in [5, 5.41) is 21.4. The molecular weight excluding hydrogens is 306 g/mol. The van der Waals surface area contributed by atoms with Gasteiger partial charge in [0, 0.05) is 6.07 Å². The Kier molecular flexibility index (Phi) is 4.17. The molecule has 120 valence electrons. The van der Waals surface area contributed by atoms with Gasteiger partial charge in [-0.15, -0.1) is 0 Å². The van der Waals surface area contributed by atoms with Gasteiger partial charge in [0.15, 0.2) is 0 Å². The summed E-state index contributed by atoms with van der Waals surface area (Å²) < 4.78 is 8.26. The summed E-state index contributed by atoms with van der Waals surface area (Å²) in [6.07, 6.45) is 1.81. The second-order valence-corrected chi connectivity index (χ2v) is 5.35. The molecule has 0 saturated heterocycles. The van der Waals surface area contributed by atoms with Crippen molar-refractivity contribution in [3.8, 4) is 17.7 Å². The maximum Gasteiger partial charge on any atom is 0.387 e. The summed E-state index contributed by atoms with van der Waals surface area (Å²) in [5.74, 6) is -0.800. The van der Waals surface area contributed by atoms with Gasteiger partial charge >= 0.3 is 5.97 Å². The van der Waals surface area contributed by atoms with Crippen LogP contribution < -0.4 is 14.4 Å². The van der Waals surface area contributed by atoms with Crippen LogP contribution in [0.3, 0.4) is 0 Å². The third-order valence-corrected chi connectivity index (χ3v) is 3.64. The van der Waals surface area contributed by atoms with Crippen LogP contribution in [-0.4, -0.2) is 10.4 Å². The van der Waals surface area contributed by atoms with Gasteiger partial charge in [-0.3, -0.25) is 0 Å². The smallest absolute Gasteiger partial charge is 0.387 e. The predicted octanol–water partition coefficient (Wildman–Crippen LogP) is 1.74. The lowest BCUT2D eigenvalue weighted by Crippen LogP contribution is -2.36. The van der Waals surface area contributed by atoms with Crippen LogP contribution in [0.1, 0.15) is 22.5 Å². The van der Waals surface area contributed by atoms with Crippen molar-refractivity contribution in [3.63, 3.8) is 0 Å². The molecular formula is C18H15N3O3. The molecule has 2 aromatic heterocycles. The SMILES string of the molecule is Cc1cccc(OC(=O)c2c([O-])[n+](CCC#N)c3ccccn23)c1. The number of aryl methyl sites for hydroxylation is 2. The number of rotatable bonds is 4. The minimum Gasteiger partial charge on any atom is -0.839 e. The van der Waals surface area contributed by atoms with E-state index in [9.17, 15) is 9.90 Å². The number of carbonyl (C=O) groups is 1. The first kappa shape index (κ1) is 15.6. The minimum atomic E-state index is -0.720. The largest absolute Gasteiger partial charge is 0.839 e. The van der Waals surface area contributed by atoms with Crippen LogP contribution in [0.2, 0.25) is 0 Å². The molecule has 6 nitrogen and oxygen atoms in total. The monoisotopic (exact) mass is 321 g/mol. The highest BCUT2D eigenvalue weighted by molar-refractivity contribution is 5.91. The molecule has 0 bridgehead atoms. The summed E-state index contributed by atoms with van der Waals surface area (Å²) in [6, 6.07) is 14.3. The number of nitriles is 1. The van der Waals surface area contributed by atoms with Crippen molar-refractivity contribution < 1.29 is 19.2 Å². The quantitative estimate of drug-likeness (QED) is 0.416. The molecule has 6 heteroatoms. The fourth-order valence-corrected chi connectivity index (χ4v) is 2.58. The number of ether oxygens (including phenoxy) is 1. The number of aromatic nitrogens is 2. The van der Waals surface area contributed by atoms with Gasteiger partial charge in [-0.05, 0) is 30.7 Å². The fourth-order valence-electron chi connectivity index (χ4n) is 2.58. The van der Waals surface area contributed by atoms with Crippen LogP contribution in [0.4, 0.5) is 0 Å². The number of hydrogen-bond acceptors (Lipinski definition) is 4. The Hall–Kier alpha value is -3.33. The van der Waals surface area contributed by atoms with E-state index in [0.29, 0.717) is 11.4 Å². The maximum absolute atomic E-state index is 12.6. The van der Waals surface area contributed by atoms with Crippen molar-refractivity contribution in [2.75, 3.05) is 0 Å². The second-order valence-electron chi connectivity index (χ2n) is 5.35. The standard InChI is InChI=1S/C18H15N3O3/c1-13-6-4-7-14(12-13)24-18(23)16-17(22)21(11-5-9-19)15-8-2-3-10-20(15)16/h2-4,6-8,10,12H,5,11H2,1H3. The lowest BCUT2D eigenvalue weighted by molar-refractivity contribution is -0.711. The van der Waals surface area contributed by atoms with E-state index in [1.54, 1.807) is 42.6 Å². The lowest BCUT2D eigenvalue weighted by atomic mass is 10.2. The Balaban J connectivity index is 2.04. The normalized spacial score (nSPS) is 10.5. The van der Waals surface area contributed by atoms with E-state index in [-0.39, 0.29) is 18.7 Å². The van der Waals surface area contributed by atoms with Gasteiger partial charge in [0.1, 0.15) is 18.2 Å². The van der Waals surface area contributed by atoms with E-state index >= 15 is 0 Å². The van der Waals surface area contributed by atoms with E-state index in [0.717, 1.165) is 5.56 Å². The number of nitrogens with zero attached hydrogens (tertiary/aromatic N) is 3. The van der Waals surface area contributed by atoms with E-state index in [1.807, 2.05) is 19.1 Å². The first-order valence-electron chi connectivity index (χ1n) is 7.47. The Bertz CT molecular complexity index is 954. The number of esters is 1. The highest BCUT2D eigenvalue weighted by atomic mass is 16.5. The van der Waals surface area contributed by atoms with Crippen LogP contribution in [-0.2, 0) is 6.54 Å². The van der Waals surface area contributed by atoms with Gasteiger partial charge < -0.3 is 9.84 Å². The molecule has 0 radical (unpaired) electrons. The summed E-state index contributed by atoms with van der Waals surface area (Å²) in [6.45, 7) is 2.11. The Morgan fingerprint density at radius 3 is 2.92 bits per heavy atom. The highest BCUT2D eigenvalue weighted by Crippen LogP contribution is 2.19. The summed E-state index contributed by atoms with van der Waals surface area (Å²) >= 11 is 0. The van der Waals surface area contributed by atoms with Crippen molar-refractivity contribution in [1.29, 1.82) is 5.26 Å². The highest BCUT2D eigenvalue weighted by Gasteiger charge is 2.26. The molecule has 2 heterocycles. The van der Waals surface area contributed by atoms with E-state index in [2.05, 4.69) is 0 Å². The summed E-state index contributed by atoms with van der Waals surface area (Å²) in [4.78, 5) is 12.5. The molecule has 0 aliphatic heterocycles. The Labute approximate surface area is 138 Å². The second kappa shape index (κ2) is 6.42. The van der Waals surface area contributed by atoms with E-state index < -0.39 is 11.8 Å². The van der Waals surface area contributed by atoms with Crippen molar-refractivity contribution in [3.05, 3.63) is 59.9 Å². The van der Waals surface area contributed by atoms with Gasteiger partial charge in [0.25, 0.3) is 11.3 Å². The van der Waals surface area contributed by atoms with Gasteiger partial charge in [-0.1, -0.05) is 18.2 Å². The van der Waals surface area contributed by atoms with Crippen molar-refractivity contribution in [2.45, 2.75) is 19.9 Å². The van der Waals surface area contributed by atoms with Gasteiger partial charge in [0.05, 0.1) is 18.7 Å². The fraction of sp³-hybridized carbons (Fsp3) is 0.167. The number of pyridine rings is 1. The van der Waals surface area contributed by atoms with Gasteiger partial charge in [-0.2, -0.15) is 9.66 Å². The van der Waals surface area contributed by atoms with E-state index in [4.69, 9.17) is 10.00 Å². The van der Waals surface area contributed by atoms with Crippen LogP contribution in [0, 0.1) is 18.3 Å². The molecule has 0 fully saturated rings. The first-order chi connectivity index (χ1) is 11.6. The molecule has 0 unspecified atom stereocenters. The van der Waals surface area contributed by atoms with Gasteiger partial charge in [0.2, 0.25) is 0 Å². The molecule has 0 saturated carbocycles. The third-order valence-electron chi connectivity index (χ3n) is 3.64. The zero-order valence-corrected chi connectivity index (χ0v) is 13.1. The minimum absolute atomic E-state index is 0.0787. The first-order valence-corrected chi connectivity index (χ1v) is 7.47. The average molecular weight is 321 g/mol. The molecule has 0 amide bonds. The molecule has 1 aromatic carbocycles. The number of carbonyl (C=O) groups excluding carboxylic acids is 1. The molecule has 0 N–H and O–H groups in total. The topological polar surface area (TPSA) is 81.4 Å². The van der Waals surface area contributed by atoms with Crippen molar-refractivity contribution in [1.82, 2.24) is 4.40 Å². The molecule has 3 rings (SSSR count). The van der Waals surface area contributed by atoms with Crippen LogP contribution in [0.5, 0.6) is 11.6 Å². The molecule has 0 atom stereocenters. The molecule has 0 aliphatic carbocycles. The zero-order valence-electron chi connectivity index (χ0n) is 13.1. The molecule has 3 aromatic rings. The van der Waals surface area contributed by atoms with Crippen LogP contribution in [0.25, 0.3) is 5.65 Å². The molecule has 0 aliphatic rings.